The Morgan fingerprint density at radius 3 is 2.50 bits per heavy atom. The maximum Gasteiger partial charge on any atom is 0.243 e. The fourth-order valence-electron chi connectivity index (χ4n) is 4.94. The quantitative estimate of drug-likeness (QED) is 0.825. The average Bonchev–Trinajstić information content (AvgIpc) is 3.06. The van der Waals surface area contributed by atoms with Crippen LogP contribution >= 0.6 is 0 Å². The normalized spacial score (nSPS) is 27.4. The summed E-state index contributed by atoms with van der Waals surface area (Å²) < 4.78 is 33.8. The van der Waals surface area contributed by atoms with Crippen LogP contribution in [0.3, 0.4) is 0 Å². The van der Waals surface area contributed by atoms with Gasteiger partial charge in [0, 0.05) is 32.7 Å². The van der Waals surface area contributed by atoms with E-state index in [9.17, 15) is 13.5 Å². The lowest BCUT2D eigenvalue weighted by molar-refractivity contribution is 0.0327. The molecule has 28 heavy (non-hydrogen) atoms. The molecule has 156 valence electrons. The lowest BCUT2D eigenvalue weighted by atomic mass is 9.77. The molecule has 0 saturated carbocycles. The Morgan fingerprint density at radius 2 is 1.82 bits per heavy atom. The molecule has 1 aromatic carbocycles. The van der Waals surface area contributed by atoms with Crippen molar-refractivity contribution >= 4 is 10.0 Å². The van der Waals surface area contributed by atoms with Crippen LogP contribution < -0.4 is 0 Å². The van der Waals surface area contributed by atoms with Crippen LogP contribution in [0.2, 0.25) is 0 Å². The fraction of sp³-hybridized carbons (Fsp3) is 0.714. The van der Waals surface area contributed by atoms with Crippen molar-refractivity contribution in [2.45, 2.75) is 56.1 Å². The van der Waals surface area contributed by atoms with E-state index < -0.39 is 10.0 Å². The predicted octanol–water partition coefficient (Wildman–Crippen LogP) is 2.01. The van der Waals surface area contributed by atoms with Gasteiger partial charge in [0.05, 0.1) is 23.7 Å². The summed E-state index contributed by atoms with van der Waals surface area (Å²) in [4.78, 5) is 2.83. The molecule has 1 aromatic rings. The molecule has 3 aliphatic heterocycles. The molecule has 3 heterocycles. The van der Waals surface area contributed by atoms with Crippen molar-refractivity contribution in [1.29, 1.82) is 0 Å². The standard InChI is InChI=1S/C21H32N2O4S/c1-17-4-2-3-5-20(17)28(25,26)23-12-8-21(9-13-23)14-19(27-16-21)15-22-10-6-18(24)7-11-22/h2-5,18-19,24H,6-16H2,1H3/t19-/m0/s1. The van der Waals surface area contributed by atoms with E-state index in [-0.39, 0.29) is 17.6 Å². The number of likely N-dealkylation sites (tertiary alicyclic amines) is 1. The zero-order valence-corrected chi connectivity index (χ0v) is 17.5. The second kappa shape index (κ2) is 8.03. The number of aliphatic hydroxyl groups excluding tert-OH is 1. The summed E-state index contributed by atoms with van der Waals surface area (Å²) in [7, 11) is -3.42. The highest BCUT2D eigenvalue weighted by Crippen LogP contribution is 2.43. The number of hydrogen-bond acceptors (Lipinski definition) is 5. The van der Waals surface area contributed by atoms with Gasteiger partial charge in [0.2, 0.25) is 10.0 Å². The third-order valence-corrected chi connectivity index (χ3v) is 8.86. The van der Waals surface area contributed by atoms with E-state index in [2.05, 4.69) is 4.90 Å². The van der Waals surface area contributed by atoms with Crippen LogP contribution in [-0.4, -0.2) is 74.3 Å². The highest BCUT2D eigenvalue weighted by molar-refractivity contribution is 7.89. The average molecular weight is 409 g/mol. The number of aryl methyl sites for hydroxylation is 1. The zero-order chi connectivity index (χ0) is 19.8. The molecule has 0 aliphatic carbocycles. The minimum atomic E-state index is -3.42. The largest absolute Gasteiger partial charge is 0.393 e. The Morgan fingerprint density at radius 1 is 1.14 bits per heavy atom. The summed E-state index contributed by atoms with van der Waals surface area (Å²) in [6.45, 7) is 6.55. The van der Waals surface area contributed by atoms with Gasteiger partial charge in [0.15, 0.2) is 0 Å². The number of hydrogen-bond donors (Lipinski definition) is 1. The van der Waals surface area contributed by atoms with E-state index in [0.717, 1.165) is 63.9 Å². The number of benzene rings is 1. The number of piperidine rings is 2. The van der Waals surface area contributed by atoms with Gasteiger partial charge >= 0.3 is 0 Å². The molecule has 0 radical (unpaired) electrons. The van der Waals surface area contributed by atoms with Crippen molar-refractivity contribution in [2.24, 2.45) is 5.41 Å². The molecule has 6 nitrogen and oxygen atoms in total. The molecule has 1 spiro atoms. The fourth-order valence-corrected chi connectivity index (χ4v) is 6.60. The van der Waals surface area contributed by atoms with Gasteiger partial charge in [0.1, 0.15) is 0 Å². The van der Waals surface area contributed by atoms with E-state index in [1.54, 1.807) is 16.4 Å². The maximum atomic E-state index is 13.0. The number of ether oxygens (including phenoxy) is 1. The van der Waals surface area contributed by atoms with Crippen LogP contribution in [0.1, 0.15) is 37.7 Å². The van der Waals surface area contributed by atoms with Gasteiger partial charge in [-0.2, -0.15) is 4.31 Å². The topological polar surface area (TPSA) is 70.1 Å². The first-order valence-corrected chi connectivity index (χ1v) is 11.9. The summed E-state index contributed by atoms with van der Waals surface area (Å²) in [5, 5.41) is 9.66. The molecule has 4 rings (SSSR count). The first-order chi connectivity index (χ1) is 13.4. The van der Waals surface area contributed by atoms with E-state index in [0.29, 0.717) is 18.0 Å². The van der Waals surface area contributed by atoms with E-state index in [1.165, 1.54) is 0 Å². The maximum absolute atomic E-state index is 13.0. The number of nitrogens with zero attached hydrogens (tertiary/aromatic N) is 2. The SMILES string of the molecule is Cc1ccccc1S(=O)(=O)N1CCC2(CC1)CO[C@H](CN1CCC(O)CC1)C2. The molecule has 0 bridgehead atoms. The highest BCUT2D eigenvalue weighted by atomic mass is 32.2. The molecule has 0 unspecified atom stereocenters. The van der Waals surface area contributed by atoms with Crippen molar-refractivity contribution in [3.05, 3.63) is 29.8 Å². The molecule has 3 fully saturated rings. The minimum absolute atomic E-state index is 0.123. The number of sulfonamides is 1. The summed E-state index contributed by atoms with van der Waals surface area (Å²) in [5.74, 6) is 0. The lowest BCUT2D eigenvalue weighted by Crippen LogP contribution is -2.44. The molecule has 7 heteroatoms. The third kappa shape index (κ3) is 4.14. The Labute approximate surface area is 168 Å². The zero-order valence-electron chi connectivity index (χ0n) is 16.7. The van der Waals surface area contributed by atoms with Crippen LogP contribution in [0.5, 0.6) is 0 Å². The van der Waals surface area contributed by atoms with Crippen molar-refractivity contribution in [1.82, 2.24) is 9.21 Å². The van der Waals surface area contributed by atoms with Gasteiger partial charge in [-0.3, -0.25) is 0 Å². The Kier molecular flexibility index (Phi) is 5.82. The predicted molar refractivity (Wildman–Crippen MR) is 108 cm³/mol. The van der Waals surface area contributed by atoms with Gasteiger partial charge in [-0.05, 0) is 56.1 Å². The monoisotopic (exact) mass is 408 g/mol. The molecule has 1 N–H and O–H groups in total. The minimum Gasteiger partial charge on any atom is -0.393 e. The Bertz CT molecular complexity index is 781. The van der Waals surface area contributed by atoms with Crippen molar-refractivity contribution in [3.8, 4) is 0 Å². The van der Waals surface area contributed by atoms with Crippen LogP contribution in [0.25, 0.3) is 0 Å². The molecule has 3 saturated heterocycles. The second-order valence-corrected chi connectivity index (χ2v) is 10.7. The van der Waals surface area contributed by atoms with E-state index in [1.807, 2.05) is 19.1 Å². The van der Waals surface area contributed by atoms with E-state index >= 15 is 0 Å². The molecular formula is C21H32N2O4S. The van der Waals surface area contributed by atoms with Crippen molar-refractivity contribution in [3.63, 3.8) is 0 Å². The summed E-state index contributed by atoms with van der Waals surface area (Å²) >= 11 is 0. The Hall–Kier alpha value is -0.990. The lowest BCUT2D eigenvalue weighted by Gasteiger charge is -2.38. The number of aliphatic hydroxyl groups is 1. The van der Waals surface area contributed by atoms with Crippen LogP contribution in [0.15, 0.2) is 29.2 Å². The summed E-state index contributed by atoms with van der Waals surface area (Å²) in [6.07, 6.45) is 4.54. The first kappa shape index (κ1) is 20.3. The van der Waals surface area contributed by atoms with Gasteiger partial charge in [-0.25, -0.2) is 8.42 Å². The van der Waals surface area contributed by atoms with Crippen molar-refractivity contribution < 1.29 is 18.3 Å². The second-order valence-electron chi connectivity index (χ2n) is 8.84. The summed E-state index contributed by atoms with van der Waals surface area (Å²) in [6, 6.07) is 7.23. The van der Waals surface area contributed by atoms with Crippen LogP contribution in [0, 0.1) is 12.3 Å². The highest BCUT2D eigenvalue weighted by Gasteiger charge is 2.44. The Balaban J connectivity index is 1.33. The van der Waals surface area contributed by atoms with Crippen LogP contribution in [0.4, 0.5) is 0 Å². The van der Waals surface area contributed by atoms with Gasteiger partial charge in [-0.1, -0.05) is 18.2 Å². The van der Waals surface area contributed by atoms with Gasteiger partial charge < -0.3 is 14.7 Å². The number of rotatable bonds is 4. The first-order valence-electron chi connectivity index (χ1n) is 10.5. The van der Waals surface area contributed by atoms with Gasteiger partial charge in [0.25, 0.3) is 0 Å². The van der Waals surface area contributed by atoms with Crippen LogP contribution in [-0.2, 0) is 14.8 Å². The smallest absolute Gasteiger partial charge is 0.243 e. The summed E-state index contributed by atoms with van der Waals surface area (Å²) in [5.41, 5.74) is 0.927. The third-order valence-electron chi connectivity index (χ3n) is 6.80. The molecule has 1 atom stereocenters. The molecule has 3 aliphatic rings. The molecular weight excluding hydrogens is 376 g/mol. The molecule has 0 amide bonds. The van der Waals surface area contributed by atoms with Crippen molar-refractivity contribution in [2.75, 3.05) is 39.3 Å². The van der Waals surface area contributed by atoms with Gasteiger partial charge in [-0.15, -0.1) is 0 Å². The molecule has 0 aromatic heterocycles. The van der Waals surface area contributed by atoms with E-state index in [4.69, 9.17) is 4.74 Å².